The van der Waals surface area contributed by atoms with Crippen LogP contribution in [0.15, 0.2) is 40.3 Å². The van der Waals surface area contributed by atoms with E-state index in [2.05, 4.69) is 19.9 Å². The Morgan fingerprint density at radius 2 is 1.80 bits per heavy atom. The molecule has 4 aromatic heterocycles. The zero-order chi connectivity index (χ0) is 24.9. The second-order valence-corrected chi connectivity index (χ2v) is 9.13. The molecular formula is C23H24N8O4. The molecule has 1 amide bonds. The quantitative estimate of drug-likeness (QED) is 0.358. The molecule has 180 valence electrons. The molecule has 1 aliphatic heterocycles. The van der Waals surface area contributed by atoms with Crippen LogP contribution in [0.5, 0.6) is 0 Å². The van der Waals surface area contributed by atoms with Crippen molar-refractivity contribution in [1.82, 2.24) is 34.4 Å². The number of likely N-dealkylation sites (tertiary alicyclic amines) is 1. The summed E-state index contributed by atoms with van der Waals surface area (Å²) in [4.78, 5) is 59.3. The second kappa shape index (κ2) is 8.24. The number of carbonyl (C=O) groups is 1. The Kier molecular flexibility index (Phi) is 5.32. The molecule has 0 aliphatic carbocycles. The SMILES string of the molecule is CC(C)(O)C(=O)N1CCC(n2c(=O)[nH]c(=O)c3cnc4ccc(-c5cnc(N)nc5)nc4c32)CC1. The van der Waals surface area contributed by atoms with Gasteiger partial charge in [0.25, 0.3) is 11.5 Å². The number of rotatable bonds is 3. The Balaban J connectivity index is 1.64. The van der Waals surface area contributed by atoms with Crippen molar-refractivity contribution in [1.29, 1.82) is 0 Å². The number of carbonyl (C=O) groups excluding carboxylic acids is 1. The fraction of sp³-hybridized carbons (Fsp3) is 0.348. The summed E-state index contributed by atoms with van der Waals surface area (Å²) in [5, 5.41) is 10.3. The number of piperidine rings is 1. The normalized spacial score (nSPS) is 15.1. The van der Waals surface area contributed by atoms with Crippen molar-refractivity contribution in [3.8, 4) is 11.3 Å². The summed E-state index contributed by atoms with van der Waals surface area (Å²) >= 11 is 0. The molecule has 4 aromatic rings. The molecule has 0 saturated carbocycles. The van der Waals surface area contributed by atoms with E-state index in [0.29, 0.717) is 53.7 Å². The molecule has 0 atom stereocenters. The largest absolute Gasteiger partial charge is 0.381 e. The summed E-state index contributed by atoms with van der Waals surface area (Å²) in [5.74, 6) is -0.224. The van der Waals surface area contributed by atoms with Gasteiger partial charge in [-0.15, -0.1) is 0 Å². The van der Waals surface area contributed by atoms with Gasteiger partial charge in [-0.1, -0.05) is 0 Å². The Hall–Kier alpha value is -4.19. The minimum Gasteiger partial charge on any atom is -0.381 e. The van der Waals surface area contributed by atoms with Crippen molar-refractivity contribution >= 4 is 33.8 Å². The second-order valence-electron chi connectivity index (χ2n) is 9.13. The van der Waals surface area contributed by atoms with Crippen LogP contribution in [0, 0.1) is 0 Å². The van der Waals surface area contributed by atoms with Gasteiger partial charge in [0.05, 0.1) is 22.1 Å². The topological polar surface area (TPSA) is 173 Å². The van der Waals surface area contributed by atoms with E-state index in [9.17, 15) is 19.5 Å². The van der Waals surface area contributed by atoms with Gasteiger partial charge >= 0.3 is 5.69 Å². The number of H-pyrrole nitrogens is 1. The molecule has 0 spiro atoms. The standard InChI is InChI=1S/C23H24N8O4/c1-23(2,35)20(33)30-7-5-13(6-8-30)31-18-14(19(32)29-22(31)34)11-25-16-4-3-15(28-17(16)18)12-9-26-21(24)27-10-12/h3-4,9-11,13,35H,5-8H2,1-2H3,(H2,24,26,27)(H,29,32,34). The van der Waals surface area contributed by atoms with Gasteiger partial charge in [0.1, 0.15) is 11.1 Å². The zero-order valence-corrected chi connectivity index (χ0v) is 19.2. The monoisotopic (exact) mass is 476 g/mol. The van der Waals surface area contributed by atoms with Gasteiger partial charge in [-0.2, -0.15) is 0 Å². The van der Waals surface area contributed by atoms with Gasteiger partial charge in [0.2, 0.25) is 5.95 Å². The van der Waals surface area contributed by atoms with Crippen LogP contribution in [0.4, 0.5) is 5.95 Å². The molecule has 5 heterocycles. The first-order valence-corrected chi connectivity index (χ1v) is 11.2. The van der Waals surface area contributed by atoms with Crippen molar-refractivity contribution in [2.45, 2.75) is 38.3 Å². The zero-order valence-electron chi connectivity index (χ0n) is 19.2. The van der Waals surface area contributed by atoms with Crippen molar-refractivity contribution in [3.63, 3.8) is 0 Å². The lowest BCUT2D eigenvalue weighted by molar-refractivity contribution is -0.149. The molecule has 1 fully saturated rings. The molecule has 5 rings (SSSR count). The maximum atomic E-state index is 13.1. The summed E-state index contributed by atoms with van der Waals surface area (Å²) in [5.41, 5.74) is 5.48. The Bertz CT molecular complexity index is 1560. The van der Waals surface area contributed by atoms with Gasteiger partial charge in [-0.3, -0.25) is 24.1 Å². The van der Waals surface area contributed by atoms with Gasteiger partial charge in [0.15, 0.2) is 0 Å². The van der Waals surface area contributed by atoms with Crippen molar-refractivity contribution in [2.24, 2.45) is 0 Å². The van der Waals surface area contributed by atoms with Crippen LogP contribution in [0.1, 0.15) is 32.7 Å². The van der Waals surface area contributed by atoms with Crippen LogP contribution in [0.25, 0.3) is 33.2 Å². The molecule has 0 bridgehead atoms. The summed E-state index contributed by atoms with van der Waals surface area (Å²) in [6.07, 6.45) is 5.47. The third-order valence-electron chi connectivity index (χ3n) is 6.22. The van der Waals surface area contributed by atoms with Crippen molar-refractivity contribution in [3.05, 3.63) is 51.6 Å². The minimum atomic E-state index is -1.47. The third kappa shape index (κ3) is 4.01. The average molecular weight is 476 g/mol. The van der Waals surface area contributed by atoms with Gasteiger partial charge < -0.3 is 15.7 Å². The van der Waals surface area contributed by atoms with E-state index in [0.717, 1.165) is 0 Å². The van der Waals surface area contributed by atoms with Crippen LogP contribution in [0.2, 0.25) is 0 Å². The molecule has 0 unspecified atom stereocenters. The highest BCUT2D eigenvalue weighted by Gasteiger charge is 2.33. The lowest BCUT2D eigenvalue weighted by atomic mass is 10.0. The number of aromatic amines is 1. The number of hydrogen-bond acceptors (Lipinski definition) is 9. The molecule has 4 N–H and O–H groups in total. The number of fused-ring (bicyclic) bond motifs is 3. The van der Waals surface area contributed by atoms with Crippen LogP contribution in [-0.4, -0.2) is 64.1 Å². The Morgan fingerprint density at radius 1 is 1.11 bits per heavy atom. The molecule has 12 nitrogen and oxygen atoms in total. The van der Waals surface area contributed by atoms with Crippen LogP contribution in [0.3, 0.4) is 0 Å². The number of nitrogens with two attached hydrogens (primary N) is 1. The molecule has 0 radical (unpaired) electrons. The molecule has 1 aliphatic rings. The predicted molar refractivity (Wildman–Crippen MR) is 129 cm³/mol. The Labute approximate surface area is 198 Å². The summed E-state index contributed by atoms with van der Waals surface area (Å²) in [6.45, 7) is 3.64. The van der Waals surface area contributed by atoms with E-state index < -0.39 is 16.9 Å². The van der Waals surface area contributed by atoms with Gasteiger partial charge in [-0.05, 0) is 38.8 Å². The predicted octanol–water partition coefficient (Wildman–Crippen LogP) is 0.607. The highest BCUT2D eigenvalue weighted by Crippen LogP contribution is 2.29. The van der Waals surface area contributed by atoms with E-state index in [1.807, 2.05) is 0 Å². The fourth-order valence-electron chi connectivity index (χ4n) is 4.48. The van der Waals surface area contributed by atoms with Crippen LogP contribution < -0.4 is 17.0 Å². The number of aliphatic hydroxyl groups is 1. The summed E-state index contributed by atoms with van der Waals surface area (Å²) in [6, 6.07) is 3.23. The number of hydrogen-bond donors (Lipinski definition) is 3. The molecule has 1 saturated heterocycles. The Morgan fingerprint density at radius 3 is 2.46 bits per heavy atom. The van der Waals surface area contributed by atoms with Gasteiger partial charge in [-0.25, -0.2) is 19.7 Å². The van der Waals surface area contributed by atoms with E-state index >= 15 is 0 Å². The molecule has 0 aromatic carbocycles. The maximum Gasteiger partial charge on any atom is 0.329 e. The number of pyridine rings is 2. The number of nitrogens with zero attached hydrogens (tertiary/aromatic N) is 6. The lowest BCUT2D eigenvalue weighted by Crippen LogP contribution is -2.49. The summed E-state index contributed by atoms with van der Waals surface area (Å²) < 4.78 is 1.54. The number of anilines is 1. The third-order valence-corrected chi connectivity index (χ3v) is 6.22. The van der Waals surface area contributed by atoms with E-state index in [-0.39, 0.29) is 23.3 Å². The van der Waals surface area contributed by atoms with Crippen LogP contribution in [-0.2, 0) is 4.79 Å². The van der Waals surface area contributed by atoms with E-state index in [1.54, 1.807) is 34.0 Å². The van der Waals surface area contributed by atoms with Crippen molar-refractivity contribution in [2.75, 3.05) is 18.8 Å². The molecular weight excluding hydrogens is 452 g/mol. The first-order chi connectivity index (χ1) is 16.6. The van der Waals surface area contributed by atoms with E-state index in [1.165, 1.54) is 20.0 Å². The smallest absolute Gasteiger partial charge is 0.329 e. The average Bonchev–Trinajstić information content (AvgIpc) is 2.83. The number of aromatic nitrogens is 6. The summed E-state index contributed by atoms with van der Waals surface area (Å²) in [7, 11) is 0. The van der Waals surface area contributed by atoms with Crippen LogP contribution >= 0.6 is 0 Å². The first-order valence-electron chi connectivity index (χ1n) is 11.2. The highest BCUT2D eigenvalue weighted by atomic mass is 16.3. The number of nitrogen functional groups attached to an aromatic ring is 1. The lowest BCUT2D eigenvalue weighted by Gasteiger charge is -2.36. The maximum absolute atomic E-state index is 13.1. The fourth-order valence-corrected chi connectivity index (χ4v) is 4.48. The number of nitrogens with one attached hydrogen (secondary N) is 1. The minimum absolute atomic E-state index is 0.136. The molecule has 35 heavy (non-hydrogen) atoms. The van der Waals surface area contributed by atoms with Crippen molar-refractivity contribution < 1.29 is 9.90 Å². The highest BCUT2D eigenvalue weighted by molar-refractivity contribution is 6.01. The van der Waals surface area contributed by atoms with Gasteiger partial charge in [0, 0.05) is 43.3 Å². The molecule has 12 heteroatoms. The number of amides is 1. The van der Waals surface area contributed by atoms with E-state index in [4.69, 9.17) is 10.7 Å². The first kappa shape index (κ1) is 22.6.